The number of anilines is 1. The molecule has 5 heterocycles. The van der Waals surface area contributed by atoms with Gasteiger partial charge in [-0.1, -0.05) is 18.2 Å². The van der Waals surface area contributed by atoms with Crippen molar-refractivity contribution in [3.63, 3.8) is 0 Å². The van der Waals surface area contributed by atoms with Crippen LogP contribution < -0.4 is 31.2 Å². The Hall–Kier alpha value is -4.53. The lowest BCUT2D eigenvalue weighted by molar-refractivity contribution is -0.126. The van der Waals surface area contributed by atoms with Gasteiger partial charge in [-0.2, -0.15) is 17.0 Å². The number of nitriles is 1. The number of carbonyl (C=O) groups excluding carboxylic acids is 3. The Morgan fingerprint density at radius 3 is 2.71 bits per heavy atom. The number of ether oxygens (including phenoxy) is 2. The Kier molecular flexibility index (Phi) is 11.7. The van der Waals surface area contributed by atoms with Gasteiger partial charge in [0.05, 0.1) is 23.0 Å². The molecule has 0 spiro atoms. The molecule has 3 aliphatic heterocycles. The number of sulfonamides is 1. The van der Waals surface area contributed by atoms with Gasteiger partial charge in [0.2, 0.25) is 12.7 Å². The first-order valence-corrected chi connectivity index (χ1v) is 21.6. The summed E-state index contributed by atoms with van der Waals surface area (Å²) in [5, 5.41) is 18.9. The van der Waals surface area contributed by atoms with Gasteiger partial charge in [-0.05, 0) is 78.3 Å². The molecule has 2 saturated heterocycles. The van der Waals surface area contributed by atoms with E-state index in [4.69, 9.17) is 20.2 Å². The SMILES string of the molecule is N#CCN(C(=O)CCCC[C@@H]1SC[C@@H]2NC(=O)N[C@@H]21)S(=O)(=O)c1ccc(C(=O)NCCCn2c(Sc3cc4c(cc3I)OCO4)nc3c(N)ncnc32)cc1. The zero-order valence-electron chi connectivity index (χ0n) is 29.1. The van der Waals surface area contributed by atoms with Crippen molar-refractivity contribution in [1.29, 1.82) is 5.26 Å². The predicted molar refractivity (Wildman–Crippen MR) is 211 cm³/mol. The maximum Gasteiger partial charge on any atom is 0.315 e. The fourth-order valence-corrected chi connectivity index (χ4v) is 11.1. The van der Waals surface area contributed by atoms with E-state index >= 15 is 0 Å². The molecule has 21 heteroatoms. The van der Waals surface area contributed by atoms with Gasteiger partial charge in [-0.3, -0.25) is 9.59 Å². The molecule has 3 aliphatic rings. The Morgan fingerprint density at radius 2 is 1.93 bits per heavy atom. The van der Waals surface area contributed by atoms with Crippen LogP contribution in [0.2, 0.25) is 0 Å². The summed E-state index contributed by atoms with van der Waals surface area (Å²) in [6.07, 6.45) is 3.68. The number of rotatable bonds is 15. The number of amides is 4. The highest BCUT2D eigenvalue weighted by Crippen LogP contribution is 2.42. The van der Waals surface area contributed by atoms with E-state index in [2.05, 4.69) is 48.5 Å². The van der Waals surface area contributed by atoms with Gasteiger partial charge in [-0.15, -0.1) is 0 Å². The third kappa shape index (κ3) is 8.36. The molecule has 2 aromatic carbocycles. The quantitative estimate of drug-likeness (QED) is 0.0579. The minimum atomic E-state index is -4.35. The van der Waals surface area contributed by atoms with E-state index in [9.17, 15) is 28.1 Å². The molecule has 3 atom stereocenters. The van der Waals surface area contributed by atoms with Crippen LogP contribution in [-0.2, 0) is 21.4 Å². The zero-order chi connectivity index (χ0) is 38.7. The third-order valence-corrected chi connectivity index (χ3v) is 14.9. The largest absolute Gasteiger partial charge is 0.454 e. The number of nitrogens with two attached hydrogens (primary N) is 1. The van der Waals surface area contributed by atoms with Crippen LogP contribution in [0.5, 0.6) is 11.5 Å². The molecule has 0 radical (unpaired) electrons. The molecule has 0 aliphatic carbocycles. The molecule has 0 saturated carbocycles. The van der Waals surface area contributed by atoms with Crippen LogP contribution >= 0.6 is 46.1 Å². The van der Waals surface area contributed by atoms with Gasteiger partial charge in [0.1, 0.15) is 12.9 Å². The van der Waals surface area contributed by atoms with Gasteiger partial charge in [0.15, 0.2) is 33.6 Å². The van der Waals surface area contributed by atoms with Crippen molar-refractivity contribution < 1.29 is 32.3 Å². The molecular weight excluding hydrogens is 884 g/mol. The summed E-state index contributed by atoms with van der Waals surface area (Å²) in [6, 6.07) is 10.8. The number of nitrogens with zero attached hydrogens (tertiary/aromatic N) is 6. The standard InChI is InChI=1S/C34H35IN10O7S3/c35-21-14-23-24(52-18-51-23)15-26(21)54-34-43-29-30(37)39-17-40-31(29)44(34)12-3-11-38-32(47)19-6-8-20(9-7-19)55(49,50)45(13-10-36)27(46)5-2-1-4-25-28-22(16-53-25)41-33(48)42-28/h6-9,14-15,17,22,25,28H,1-5,11-13,16,18H2,(H,38,47)(H2,37,39,40)(H2,41,42,48)/t22-,25-,28-/m0/s1. The zero-order valence-corrected chi connectivity index (χ0v) is 33.7. The lowest BCUT2D eigenvalue weighted by Gasteiger charge is -2.20. The molecule has 288 valence electrons. The number of aromatic nitrogens is 4. The Balaban J connectivity index is 0.931. The lowest BCUT2D eigenvalue weighted by Crippen LogP contribution is -2.37. The topological polar surface area (TPSA) is 237 Å². The van der Waals surface area contributed by atoms with Crippen LogP contribution in [-0.4, -0.2) is 93.1 Å². The van der Waals surface area contributed by atoms with E-state index < -0.39 is 28.4 Å². The number of hydrogen-bond donors (Lipinski definition) is 4. The van der Waals surface area contributed by atoms with Gasteiger partial charge >= 0.3 is 6.03 Å². The molecule has 17 nitrogen and oxygen atoms in total. The average Bonchev–Trinajstić information content (AvgIpc) is 3.95. The van der Waals surface area contributed by atoms with Crippen molar-refractivity contribution in [2.75, 3.05) is 31.4 Å². The number of hydrogen-bond acceptors (Lipinski definition) is 14. The normalized spacial score (nSPS) is 18.4. The molecule has 7 rings (SSSR count). The van der Waals surface area contributed by atoms with E-state index in [-0.39, 0.29) is 59.4 Å². The highest BCUT2D eigenvalue weighted by atomic mass is 127. The van der Waals surface area contributed by atoms with E-state index in [0.29, 0.717) is 57.9 Å². The Labute approximate surface area is 338 Å². The van der Waals surface area contributed by atoms with Gasteiger partial charge < -0.3 is 35.7 Å². The van der Waals surface area contributed by atoms with Crippen LogP contribution in [0, 0.1) is 14.9 Å². The monoisotopic (exact) mass is 918 g/mol. The number of halogens is 1. The van der Waals surface area contributed by atoms with Crippen molar-refractivity contribution in [2.45, 2.75) is 70.9 Å². The van der Waals surface area contributed by atoms with E-state index in [1.807, 2.05) is 16.7 Å². The Bertz CT molecular complexity index is 2290. The second-order valence-electron chi connectivity index (χ2n) is 12.8. The third-order valence-electron chi connectivity index (χ3n) is 9.26. The molecule has 4 amide bonds. The van der Waals surface area contributed by atoms with Crippen LogP contribution in [0.15, 0.2) is 57.7 Å². The van der Waals surface area contributed by atoms with E-state index in [0.717, 1.165) is 20.6 Å². The fraction of sp³-hybridized carbons (Fsp3) is 0.382. The van der Waals surface area contributed by atoms with Crippen molar-refractivity contribution >= 4 is 91.0 Å². The first-order valence-electron chi connectivity index (χ1n) is 17.3. The number of urea groups is 1. The van der Waals surface area contributed by atoms with Crippen LogP contribution in [0.1, 0.15) is 42.5 Å². The van der Waals surface area contributed by atoms with Crippen molar-refractivity contribution in [3.05, 3.63) is 51.9 Å². The summed E-state index contributed by atoms with van der Waals surface area (Å²) in [7, 11) is -4.35. The second kappa shape index (κ2) is 16.7. The van der Waals surface area contributed by atoms with Crippen molar-refractivity contribution in [1.82, 2.24) is 39.8 Å². The number of thioether (sulfide) groups is 1. The number of nitrogens with one attached hydrogen (secondary N) is 3. The van der Waals surface area contributed by atoms with Gasteiger partial charge in [-0.25, -0.2) is 32.5 Å². The summed E-state index contributed by atoms with van der Waals surface area (Å²) in [5.74, 6) is 1.30. The molecule has 4 aromatic rings. The predicted octanol–water partition coefficient (Wildman–Crippen LogP) is 3.48. The number of nitrogen functional groups attached to an aromatic ring is 1. The second-order valence-corrected chi connectivity index (χ2v) is 18.1. The smallest absolute Gasteiger partial charge is 0.315 e. The molecule has 2 aromatic heterocycles. The number of imidazole rings is 1. The van der Waals surface area contributed by atoms with Crippen LogP contribution in [0.4, 0.5) is 10.6 Å². The van der Waals surface area contributed by atoms with Gasteiger partial charge in [0.25, 0.3) is 15.9 Å². The number of carbonyl (C=O) groups is 3. The highest BCUT2D eigenvalue weighted by Gasteiger charge is 2.42. The summed E-state index contributed by atoms with van der Waals surface area (Å²) in [4.78, 5) is 51.7. The Morgan fingerprint density at radius 1 is 1.15 bits per heavy atom. The van der Waals surface area contributed by atoms with Crippen molar-refractivity contribution in [2.24, 2.45) is 0 Å². The number of aryl methyl sites for hydroxylation is 1. The van der Waals surface area contributed by atoms with Crippen LogP contribution in [0.3, 0.4) is 0 Å². The summed E-state index contributed by atoms with van der Waals surface area (Å²) in [5.41, 5.74) is 7.36. The molecule has 0 unspecified atom stereocenters. The van der Waals surface area contributed by atoms with E-state index in [1.54, 1.807) is 17.8 Å². The first kappa shape index (κ1) is 38.7. The van der Waals surface area contributed by atoms with Gasteiger partial charge in [0, 0.05) is 44.5 Å². The molecule has 0 bridgehead atoms. The van der Waals surface area contributed by atoms with Crippen molar-refractivity contribution in [3.8, 4) is 17.6 Å². The summed E-state index contributed by atoms with van der Waals surface area (Å²) < 4.78 is 41.4. The molecular formula is C34H35IN10O7S3. The maximum atomic E-state index is 13.5. The molecule has 5 N–H and O–H groups in total. The first-order chi connectivity index (χ1) is 26.5. The number of fused-ring (bicyclic) bond motifs is 3. The average molecular weight is 919 g/mol. The number of benzene rings is 2. The van der Waals surface area contributed by atoms with Crippen LogP contribution in [0.25, 0.3) is 11.2 Å². The van der Waals surface area contributed by atoms with E-state index in [1.165, 1.54) is 42.4 Å². The highest BCUT2D eigenvalue weighted by molar-refractivity contribution is 14.1. The minimum Gasteiger partial charge on any atom is -0.454 e. The lowest BCUT2D eigenvalue weighted by atomic mass is 10.0. The number of unbranched alkanes of at least 4 members (excludes halogenated alkanes) is 1. The minimum absolute atomic E-state index is 0.0445. The molecule has 2 fully saturated rings. The maximum absolute atomic E-state index is 13.5. The fourth-order valence-electron chi connectivity index (χ4n) is 6.50. The summed E-state index contributed by atoms with van der Waals surface area (Å²) in [6.45, 7) is 0.241. The summed E-state index contributed by atoms with van der Waals surface area (Å²) >= 11 is 5.41. The molecule has 55 heavy (non-hydrogen) atoms.